The lowest BCUT2D eigenvalue weighted by Gasteiger charge is -2.20. The van der Waals surface area contributed by atoms with Crippen LogP contribution in [-0.2, 0) is 10.0 Å². The highest BCUT2D eigenvalue weighted by molar-refractivity contribution is 7.89. The Kier molecular flexibility index (Phi) is 7.10. The van der Waals surface area contributed by atoms with Gasteiger partial charge in [-0.15, -0.1) is 0 Å². The van der Waals surface area contributed by atoms with Crippen molar-refractivity contribution >= 4 is 21.6 Å². The maximum Gasteiger partial charge on any atom is 0.255 e. The van der Waals surface area contributed by atoms with Crippen LogP contribution in [0.15, 0.2) is 47.4 Å². The number of aromatic nitrogens is 3. The van der Waals surface area contributed by atoms with Crippen LogP contribution in [0.25, 0.3) is 11.4 Å². The first-order valence-electron chi connectivity index (χ1n) is 10.6. The van der Waals surface area contributed by atoms with Crippen molar-refractivity contribution in [1.29, 1.82) is 0 Å². The number of aryl methyl sites for hydroxylation is 1. The summed E-state index contributed by atoms with van der Waals surface area (Å²) in [7, 11) is -3.69. The summed E-state index contributed by atoms with van der Waals surface area (Å²) in [5.41, 5.74) is 2.07. The number of rotatable bonds is 8. The van der Waals surface area contributed by atoms with E-state index in [9.17, 15) is 13.2 Å². The minimum atomic E-state index is -3.69. The fraction of sp³-hybridized carbons (Fsp3) is 0.348. The third-order valence-corrected chi connectivity index (χ3v) is 7.43. The van der Waals surface area contributed by atoms with Gasteiger partial charge in [-0.2, -0.15) is 9.40 Å². The Balaban J connectivity index is 1.94. The van der Waals surface area contributed by atoms with Gasteiger partial charge in [-0.1, -0.05) is 45.9 Å². The molecule has 2 N–H and O–H groups in total. The monoisotopic (exact) mass is 455 g/mol. The molecule has 3 aromatic rings. The quantitative estimate of drug-likeness (QED) is 0.530. The lowest BCUT2D eigenvalue weighted by atomic mass is 10.1. The van der Waals surface area contributed by atoms with Crippen LogP contribution in [-0.4, -0.2) is 46.9 Å². The average Bonchev–Trinajstić information content (AvgIpc) is 3.25. The summed E-state index contributed by atoms with van der Waals surface area (Å²) < 4.78 is 27.4. The molecule has 3 rings (SSSR count). The third kappa shape index (κ3) is 4.73. The Hall–Kier alpha value is -3.04. The zero-order valence-electron chi connectivity index (χ0n) is 19.0. The second-order valence-electron chi connectivity index (χ2n) is 7.77. The summed E-state index contributed by atoms with van der Waals surface area (Å²) in [6.45, 7) is 10.0. The molecule has 0 aliphatic heterocycles. The third-order valence-electron chi connectivity index (χ3n) is 5.24. The number of hydrogen-bond acceptors (Lipinski definition) is 5. The predicted octanol–water partition coefficient (Wildman–Crippen LogP) is 4.19. The maximum atomic E-state index is 13.0. The van der Waals surface area contributed by atoms with Crippen LogP contribution in [0.1, 0.15) is 55.4 Å². The molecule has 1 amide bonds. The van der Waals surface area contributed by atoms with E-state index in [1.807, 2.05) is 26.0 Å². The molecule has 0 saturated carbocycles. The number of amides is 1. The SMILES string of the molecule is CCN(CC)S(=O)(=O)c1cc(C(=O)Nc2ccccc2-c2n[nH]c(C(C)C)n2)ccc1C. The summed E-state index contributed by atoms with van der Waals surface area (Å²) >= 11 is 0. The van der Waals surface area contributed by atoms with Crippen molar-refractivity contribution in [3.8, 4) is 11.4 Å². The molecular weight excluding hydrogens is 426 g/mol. The van der Waals surface area contributed by atoms with Gasteiger partial charge in [0.05, 0.1) is 10.6 Å². The second-order valence-corrected chi connectivity index (χ2v) is 9.67. The first kappa shape index (κ1) is 23.6. The highest BCUT2D eigenvalue weighted by atomic mass is 32.2. The Bertz CT molecular complexity index is 1210. The smallest absolute Gasteiger partial charge is 0.255 e. The predicted molar refractivity (Wildman–Crippen MR) is 125 cm³/mol. The fourth-order valence-electron chi connectivity index (χ4n) is 3.36. The molecule has 0 spiro atoms. The number of anilines is 1. The van der Waals surface area contributed by atoms with Crippen molar-refractivity contribution < 1.29 is 13.2 Å². The molecule has 170 valence electrons. The molecule has 1 heterocycles. The average molecular weight is 456 g/mol. The van der Waals surface area contributed by atoms with Crippen molar-refractivity contribution in [2.75, 3.05) is 18.4 Å². The van der Waals surface area contributed by atoms with E-state index in [4.69, 9.17) is 0 Å². The Morgan fingerprint density at radius 2 is 1.81 bits per heavy atom. The number of hydrogen-bond donors (Lipinski definition) is 2. The summed E-state index contributed by atoms with van der Waals surface area (Å²) in [5, 5.41) is 10.1. The molecule has 0 saturated heterocycles. The van der Waals surface area contributed by atoms with Crippen molar-refractivity contribution in [2.45, 2.75) is 45.4 Å². The van der Waals surface area contributed by atoms with Gasteiger partial charge in [0.15, 0.2) is 5.82 Å². The van der Waals surface area contributed by atoms with E-state index in [0.29, 0.717) is 35.7 Å². The highest BCUT2D eigenvalue weighted by Gasteiger charge is 2.25. The Morgan fingerprint density at radius 3 is 2.44 bits per heavy atom. The summed E-state index contributed by atoms with van der Waals surface area (Å²) in [5.74, 6) is 1.02. The summed E-state index contributed by atoms with van der Waals surface area (Å²) in [6, 6.07) is 12.0. The van der Waals surface area contributed by atoms with Gasteiger partial charge in [0.2, 0.25) is 10.0 Å². The zero-order valence-corrected chi connectivity index (χ0v) is 19.8. The molecule has 0 bridgehead atoms. The second kappa shape index (κ2) is 9.62. The first-order valence-corrected chi connectivity index (χ1v) is 12.1. The number of carbonyl (C=O) groups is 1. The molecule has 0 fully saturated rings. The molecule has 8 nitrogen and oxygen atoms in total. The number of benzene rings is 2. The number of para-hydroxylation sites is 1. The number of sulfonamides is 1. The molecule has 0 aliphatic carbocycles. The van der Waals surface area contributed by atoms with E-state index in [-0.39, 0.29) is 16.4 Å². The van der Waals surface area contributed by atoms with Crippen LogP contribution in [0, 0.1) is 6.92 Å². The van der Waals surface area contributed by atoms with Gasteiger partial charge in [-0.25, -0.2) is 13.4 Å². The van der Waals surface area contributed by atoms with Crippen LogP contribution in [0.5, 0.6) is 0 Å². The number of carbonyl (C=O) groups excluding carboxylic acids is 1. The maximum absolute atomic E-state index is 13.0. The zero-order chi connectivity index (χ0) is 23.5. The summed E-state index contributed by atoms with van der Waals surface area (Å²) in [4.78, 5) is 17.7. The molecule has 0 atom stereocenters. The molecule has 0 unspecified atom stereocenters. The molecule has 1 aromatic heterocycles. The van der Waals surface area contributed by atoms with E-state index in [2.05, 4.69) is 20.5 Å². The topological polar surface area (TPSA) is 108 Å². The van der Waals surface area contributed by atoms with Gasteiger partial charge in [0, 0.05) is 30.1 Å². The van der Waals surface area contributed by atoms with E-state index in [0.717, 1.165) is 5.82 Å². The van der Waals surface area contributed by atoms with Crippen molar-refractivity contribution in [2.24, 2.45) is 0 Å². The van der Waals surface area contributed by atoms with Crippen LogP contribution in [0.3, 0.4) is 0 Å². The number of nitrogens with zero attached hydrogens (tertiary/aromatic N) is 3. The molecular formula is C23H29N5O3S. The molecule has 9 heteroatoms. The van der Waals surface area contributed by atoms with E-state index >= 15 is 0 Å². The number of aromatic amines is 1. The lowest BCUT2D eigenvalue weighted by molar-refractivity contribution is 0.102. The van der Waals surface area contributed by atoms with E-state index in [1.54, 1.807) is 45.0 Å². The van der Waals surface area contributed by atoms with E-state index in [1.165, 1.54) is 10.4 Å². The van der Waals surface area contributed by atoms with Crippen molar-refractivity contribution in [1.82, 2.24) is 19.5 Å². The van der Waals surface area contributed by atoms with Gasteiger partial charge in [0.1, 0.15) is 5.82 Å². The Labute approximate surface area is 189 Å². The van der Waals surface area contributed by atoms with Crippen LogP contribution in [0.4, 0.5) is 5.69 Å². The van der Waals surface area contributed by atoms with Crippen molar-refractivity contribution in [3.05, 3.63) is 59.4 Å². The molecule has 32 heavy (non-hydrogen) atoms. The highest BCUT2D eigenvalue weighted by Crippen LogP contribution is 2.27. The van der Waals surface area contributed by atoms with Gasteiger partial charge in [-0.05, 0) is 36.8 Å². The molecule has 0 aliphatic rings. The normalized spacial score (nSPS) is 11.8. The van der Waals surface area contributed by atoms with E-state index < -0.39 is 15.9 Å². The van der Waals surface area contributed by atoms with Gasteiger partial charge < -0.3 is 5.32 Å². The van der Waals surface area contributed by atoms with Crippen molar-refractivity contribution in [3.63, 3.8) is 0 Å². The number of nitrogens with one attached hydrogen (secondary N) is 2. The van der Waals surface area contributed by atoms with Gasteiger partial charge >= 0.3 is 0 Å². The lowest BCUT2D eigenvalue weighted by Crippen LogP contribution is -2.31. The van der Waals surface area contributed by atoms with Crippen LogP contribution < -0.4 is 5.32 Å². The standard InChI is InChI=1S/C23H29N5O3S/c1-6-28(7-2)32(30,31)20-14-17(13-12-16(20)5)23(29)24-19-11-9-8-10-18(19)22-25-21(15(3)4)26-27-22/h8-15H,6-7H2,1-5H3,(H,24,29)(H,25,26,27). The largest absolute Gasteiger partial charge is 0.321 e. The van der Waals surface area contributed by atoms with Crippen LogP contribution >= 0.6 is 0 Å². The Morgan fingerprint density at radius 1 is 1.12 bits per heavy atom. The first-order chi connectivity index (χ1) is 15.2. The van der Waals surface area contributed by atoms with Crippen LogP contribution in [0.2, 0.25) is 0 Å². The molecule has 0 radical (unpaired) electrons. The number of H-pyrrole nitrogens is 1. The fourth-order valence-corrected chi connectivity index (χ4v) is 5.07. The molecule has 2 aromatic carbocycles. The minimum Gasteiger partial charge on any atom is -0.321 e. The summed E-state index contributed by atoms with van der Waals surface area (Å²) in [6.07, 6.45) is 0. The minimum absolute atomic E-state index is 0.137. The van der Waals surface area contributed by atoms with Gasteiger partial charge in [0.25, 0.3) is 5.91 Å². The van der Waals surface area contributed by atoms with Gasteiger partial charge in [-0.3, -0.25) is 9.89 Å².